The van der Waals surface area contributed by atoms with Gasteiger partial charge in [-0.05, 0) is 23.6 Å². The highest BCUT2D eigenvalue weighted by Crippen LogP contribution is 2.38. The summed E-state index contributed by atoms with van der Waals surface area (Å²) in [5, 5.41) is 15.2. The van der Waals surface area contributed by atoms with Crippen molar-refractivity contribution < 1.29 is 9.84 Å². The van der Waals surface area contributed by atoms with Crippen molar-refractivity contribution >= 4 is 11.3 Å². The molecule has 2 heterocycles. The van der Waals surface area contributed by atoms with Crippen LogP contribution in [0.1, 0.15) is 16.5 Å². The number of nitrogens with zero attached hydrogens (tertiary/aromatic N) is 1. The molecule has 1 aliphatic rings. The number of piperazine rings is 1. The highest BCUT2D eigenvalue weighted by atomic mass is 32.1. The maximum Gasteiger partial charge on any atom is 0.127 e. The molecule has 0 spiro atoms. The Bertz CT molecular complexity index is 580. The minimum atomic E-state index is 0.183. The fourth-order valence-electron chi connectivity index (χ4n) is 2.84. The van der Waals surface area contributed by atoms with Crippen LogP contribution in [0.25, 0.3) is 0 Å². The smallest absolute Gasteiger partial charge is 0.127 e. The first-order valence-corrected chi connectivity index (χ1v) is 8.02. The number of ether oxygens (including phenoxy) is 1. The van der Waals surface area contributed by atoms with Gasteiger partial charge in [-0.15, -0.1) is 11.3 Å². The number of rotatable bonds is 4. The second-order valence-corrected chi connectivity index (χ2v) is 6.11. The fraction of sp³-hybridized carbons (Fsp3) is 0.375. The van der Waals surface area contributed by atoms with Crippen molar-refractivity contribution in [1.82, 2.24) is 10.2 Å². The molecule has 3 rings (SSSR count). The maximum atomic E-state index is 9.69. The van der Waals surface area contributed by atoms with E-state index in [9.17, 15) is 5.11 Å². The second kappa shape index (κ2) is 6.47. The van der Waals surface area contributed by atoms with E-state index in [0.29, 0.717) is 0 Å². The summed E-state index contributed by atoms with van der Waals surface area (Å²) < 4.78 is 5.50. The minimum Gasteiger partial charge on any atom is -0.508 e. The van der Waals surface area contributed by atoms with Crippen molar-refractivity contribution in [3.8, 4) is 11.5 Å². The van der Waals surface area contributed by atoms with Crippen molar-refractivity contribution in [1.29, 1.82) is 0 Å². The molecule has 1 atom stereocenters. The third-order valence-corrected chi connectivity index (χ3v) is 4.77. The Morgan fingerprint density at radius 3 is 2.76 bits per heavy atom. The van der Waals surface area contributed by atoms with Gasteiger partial charge in [0.1, 0.15) is 11.5 Å². The molecular weight excluding hydrogens is 284 g/mol. The Kier molecular flexibility index (Phi) is 4.43. The molecule has 0 saturated carbocycles. The lowest BCUT2D eigenvalue weighted by molar-refractivity contribution is 0.197. The van der Waals surface area contributed by atoms with Gasteiger partial charge in [0, 0.05) is 42.7 Å². The highest BCUT2D eigenvalue weighted by molar-refractivity contribution is 7.10. The molecule has 112 valence electrons. The summed E-state index contributed by atoms with van der Waals surface area (Å²) in [4.78, 5) is 3.78. The van der Waals surface area contributed by atoms with Crippen LogP contribution in [0.3, 0.4) is 0 Å². The number of phenols is 1. The Balaban J connectivity index is 2.02. The van der Waals surface area contributed by atoms with Crippen molar-refractivity contribution in [2.45, 2.75) is 6.04 Å². The minimum absolute atomic E-state index is 0.183. The molecule has 0 aliphatic carbocycles. The van der Waals surface area contributed by atoms with Gasteiger partial charge in [0.25, 0.3) is 0 Å². The molecule has 1 fully saturated rings. The number of phenolic OH excluding ortho intramolecular Hbond substituents is 1. The highest BCUT2D eigenvalue weighted by Gasteiger charge is 2.27. The van der Waals surface area contributed by atoms with E-state index >= 15 is 0 Å². The van der Waals surface area contributed by atoms with Crippen LogP contribution in [0.4, 0.5) is 0 Å². The Labute approximate surface area is 129 Å². The number of benzene rings is 1. The third kappa shape index (κ3) is 3.05. The van der Waals surface area contributed by atoms with Gasteiger partial charge in [-0.25, -0.2) is 0 Å². The van der Waals surface area contributed by atoms with Crippen molar-refractivity contribution in [2.75, 3.05) is 33.3 Å². The molecule has 0 unspecified atom stereocenters. The summed E-state index contributed by atoms with van der Waals surface area (Å²) in [5.41, 5.74) is 1.11. The third-order valence-electron chi connectivity index (χ3n) is 3.84. The lowest BCUT2D eigenvalue weighted by Crippen LogP contribution is -2.45. The molecule has 1 saturated heterocycles. The van der Waals surface area contributed by atoms with Crippen LogP contribution in [0, 0.1) is 0 Å². The van der Waals surface area contributed by atoms with E-state index in [1.54, 1.807) is 30.6 Å². The van der Waals surface area contributed by atoms with Crippen molar-refractivity contribution in [3.63, 3.8) is 0 Å². The summed E-state index contributed by atoms with van der Waals surface area (Å²) in [7, 11) is 1.65. The summed E-state index contributed by atoms with van der Waals surface area (Å²) in [6.45, 7) is 4.02. The number of thiophene rings is 1. The predicted molar refractivity (Wildman–Crippen MR) is 85.3 cm³/mol. The van der Waals surface area contributed by atoms with E-state index in [1.165, 1.54) is 4.88 Å². The van der Waals surface area contributed by atoms with Crippen molar-refractivity contribution in [2.24, 2.45) is 0 Å². The van der Waals surface area contributed by atoms with Gasteiger partial charge < -0.3 is 15.2 Å². The van der Waals surface area contributed by atoms with E-state index in [-0.39, 0.29) is 11.8 Å². The lowest BCUT2D eigenvalue weighted by Gasteiger charge is -2.35. The van der Waals surface area contributed by atoms with Crippen molar-refractivity contribution in [3.05, 3.63) is 46.2 Å². The Morgan fingerprint density at radius 1 is 1.29 bits per heavy atom. The average molecular weight is 304 g/mol. The van der Waals surface area contributed by atoms with Crippen LogP contribution >= 0.6 is 11.3 Å². The second-order valence-electron chi connectivity index (χ2n) is 5.13. The zero-order valence-corrected chi connectivity index (χ0v) is 12.9. The molecule has 1 aromatic carbocycles. The molecule has 0 amide bonds. The van der Waals surface area contributed by atoms with Gasteiger partial charge >= 0.3 is 0 Å². The first-order valence-electron chi connectivity index (χ1n) is 7.14. The first kappa shape index (κ1) is 14.4. The van der Waals surface area contributed by atoms with Crippen LogP contribution in [-0.4, -0.2) is 43.3 Å². The van der Waals surface area contributed by atoms with Crippen LogP contribution < -0.4 is 10.1 Å². The SMILES string of the molecule is COc1cc(O)ccc1[C@@H](c1cccs1)N1CCNCC1. The molecular formula is C16H20N2O2S. The summed E-state index contributed by atoms with van der Waals surface area (Å²) in [6, 6.07) is 9.84. The van der Waals surface area contributed by atoms with Crippen LogP contribution in [-0.2, 0) is 0 Å². The fourth-order valence-corrected chi connectivity index (χ4v) is 3.72. The number of methoxy groups -OCH3 is 1. The standard InChI is InChI=1S/C16H20N2O2S/c1-20-14-11-12(19)4-5-13(14)16(15-3-2-10-21-15)18-8-6-17-7-9-18/h2-5,10-11,16-17,19H,6-9H2,1H3/t16-/m0/s1. The molecule has 0 radical (unpaired) electrons. The first-order chi connectivity index (χ1) is 10.3. The zero-order valence-electron chi connectivity index (χ0n) is 12.1. The summed E-state index contributed by atoms with van der Waals surface area (Å²) >= 11 is 1.76. The topological polar surface area (TPSA) is 44.7 Å². The van der Waals surface area contributed by atoms with Gasteiger partial charge in [0.15, 0.2) is 0 Å². The van der Waals surface area contributed by atoms with Gasteiger partial charge in [0.2, 0.25) is 0 Å². The van der Waals surface area contributed by atoms with E-state index in [0.717, 1.165) is 37.5 Å². The van der Waals surface area contributed by atoms with E-state index < -0.39 is 0 Å². The number of hydrogen-bond donors (Lipinski definition) is 2. The van der Waals surface area contributed by atoms with Gasteiger partial charge in [-0.2, -0.15) is 0 Å². The van der Waals surface area contributed by atoms with Gasteiger partial charge in [-0.1, -0.05) is 6.07 Å². The molecule has 4 nitrogen and oxygen atoms in total. The average Bonchev–Trinajstić information content (AvgIpc) is 3.04. The Morgan fingerprint density at radius 2 is 2.10 bits per heavy atom. The number of aromatic hydroxyl groups is 1. The number of nitrogens with one attached hydrogen (secondary N) is 1. The largest absolute Gasteiger partial charge is 0.508 e. The van der Waals surface area contributed by atoms with E-state index in [1.807, 2.05) is 6.07 Å². The normalized spacial score (nSPS) is 17.6. The molecule has 5 heteroatoms. The zero-order chi connectivity index (χ0) is 14.7. The molecule has 21 heavy (non-hydrogen) atoms. The van der Waals surface area contributed by atoms with E-state index in [4.69, 9.17) is 4.74 Å². The van der Waals surface area contributed by atoms with E-state index in [2.05, 4.69) is 27.7 Å². The summed E-state index contributed by atoms with van der Waals surface area (Å²) in [6.07, 6.45) is 0. The monoisotopic (exact) mass is 304 g/mol. The maximum absolute atomic E-state index is 9.69. The lowest BCUT2D eigenvalue weighted by atomic mass is 10.0. The predicted octanol–water partition coefficient (Wildman–Crippen LogP) is 2.46. The quantitative estimate of drug-likeness (QED) is 0.911. The molecule has 2 aromatic rings. The van der Waals surface area contributed by atoms with Crippen LogP contribution in [0.2, 0.25) is 0 Å². The molecule has 2 N–H and O–H groups in total. The molecule has 1 aromatic heterocycles. The van der Waals surface area contributed by atoms with Crippen LogP contribution in [0.15, 0.2) is 35.7 Å². The molecule has 0 bridgehead atoms. The van der Waals surface area contributed by atoms with Gasteiger partial charge in [-0.3, -0.25) is 4.90 Å². The Hall–Kier alpha value is -1.56. The van der Waals surface area contributed by atoms with Crippen LogP contribution in [0.5, 0.6) is 11.5 Å². The number of hydrogen-bond acceptors (Lipinski definition) is 5. The molecule has 1 aliphatic heterocycles. The summed E-state index contributed by atoms with van der Waals surface area (Å²) in [5.74, 6) is 0.979. The van der Waals surface area contributed by atoms with Gasteiger partial charge in [0.05, 0.1) is 13.2 Å².